The second-order valence-corrected chi connectivity index (χ2v) is 34.2. The van der Waals surface area contributed by atoms with Gasteiger partial charge in [-0.2, -0.15) is 0 Å². The predicted octanol–water partition coefficient (Wildman–Crippen LogP) is 9.44. The normalized spacial score (nSPS) is 19.0. The summed E-state index contributed by atoms with van der Waals surface area (Å²) in [5, 5.41) is 8.26. The van der Waals surface area contributed by atoms with Crippen molar-refractivity contribution in [2.75, 3.05) is 85.4 Å². The van der Waals surface area contributed by atoms with Gasteiger partial charge in [0.25, 0.3) is 0 Å². The Bertz CT molecular complexity index is 1600. The summed E-state index contributed by atoms with van der Waals surface area (Å²) >= 11 is 0. The van der Waals surface area contributed by atoms with Gasteiger partial charge in [0, 0.05) is 65.0 Å². The largest absolute Gasteiger partial charge is 0.460 e. The molecular weight excluding hydrogens is 927 g/mol. The third-order valence-electron chi connectivity index (χ3n) is 14.1. The monoisotopic (exact) mass is 1020 g/mol. The van der Waals surface area contributed by atoms with Gasteiger partial charge in [-0.1, -0.05) is 67.3 Å². The first kappa shape index (κ1) is 63.5. The summed E-state index contributed by atoms with van der Waals surface area (Å²) in [5.41, 5.74) is -0.00422. The van der Waals surface area contributed by atoms with Crippen molar-refractivity contribution < 1.29 is 61.0 Å². The van der Waals surface area contributed by atoms with E-state index in [0.29, 0.717) is 58.2 Å². The molecule has 1 rings (SSSR count). The quantitative estimate of drug-likeness (QED) is 0.0182. The zero-order valence-corrected chi connectivity index (χ0v) is 47.9. The van der Waals surface area contributed by atoms with E-state index < -0.39 is 51.4 Å². The smallest absolute Gasteiger partial charge is 0.407 e. The first-order valence-corrected chi connectivity index (χ1v) is 32.4. The molecular formula is C49H95N3O13SSi2. The van der Waals surface area contributed by atoms with Gasteiger partial charge in [-0.05, 0) is 114 Å². The van der Waals surface area contributed by atoms with Gasteiger partial charge in [0.2, 0.25) is 0 Å². The Morgan fingerprint density at radius 1 is 0.706 bits per heavy atom. The maximum Gasteiger partial charge on any atom is 0.407 e. The molecule has 0 radical (unpaired) electrons. The van der Waals surface area contributed by atoms with E-state index in [1.54, 1.807) is 13.2 Å². The van der Waals surface area contributed by atoms with Crippen molar-refractivity contribution in [3.8, 4) is 0 Å². The number of nitrogens with one attached hydrogen (secondary N) is 3. The van der Waals surface area contributed by atoms with Crippen LogP contribution < -0.4 is 16.0 Å². The van der Waals surface area contributed by atoms with Gasteiger partial charge in [0.05, 0.1) is 34.4 Å². The average molecular weight is 1020 g/mol. The van der Waals surface area contributed by atoms with Crippen LogP contribution in [0.2, 0.25) is 37.3 Å². The van der Waals surface area contributed by atoms with E-state index >= 15 is 0 Å². The van der Waals surface area contributed by atoms with E-state index in [9.17, 15) is 23.4 Å². The van der Waals surface area contributed by atoms with Crippen LogP contribution in [0, 0.1) is 10.8 Å². The number of carbonyl (C=O) groups excluding carboxylic acids is 4. The molecule has 3 N–H and O–H groups in total. The molecule has 4 unspecified atom stereocenters. The summed E-state index contributed by atoms with van der Waals surface area (Å²) in [6, 6.07) is 0.927. The van der Waals surface area contributed by atoms with Crippen molar-refractivity contribution in [2.24, 2.45) is 10.8 Å². The highest BCUT2D eigenvalue weighted by Gasteiger charge is 2.49. The minimum absolute atomic E-state index is 0.00766. The molecule has 3 amide bonds. The molecule has 0 spiro atoms. The van der Waals surface area contributed by atoms with E-state index in [1.807, 2.05) is 6.92 Å². The SMILES string of the molecule is C=C(C)C(=O)OCCNC(=O)OCCOCCCC(C)(C)[Si](C)(C)OC(C)(C)[Si](C)(C)CCCOCCOC(=O)NC1CC(C)(C)CC(C)(CNC(=O)OCCOCCCC(C)(CC)S(C)=O)C1. The van der Waals surface area contributed by atoms with E-state index in [2.05, 4.69) is 104 Å². The standard InChI is InChI=1S/C49H95N3O13SSi2/c1-17-49(11,66(12)57)22-19-25-59-29-32-63-43(55)51-38-48(10)36-40(35-45(4,5)37-48)52-44(56)64-33-30-60-26-20-34-67(13,14)47(8,9)65-68(15,16)46(6,7)21-18-24-58-28-31-62-42(54)50-23-27-61-41(53)39(2)3/h40H,2,17-38H2,1,3-16H3,(H,50,54)(H,51,55)(H,52,56). The molecule has 68 heavy (non-hydrogen) atoms. The lowest BCUT2D eigenvalue weighted by Gasteiger charge is -2.50. The number of ether oxygens (including phenoxy) is 7. The van der Waals surface area contributed by atoms with Crippen LogP contribution in [0.15, 0.2) is 12.2 Å². The highest BCUT2D eigenvalue weighted by molar-refractivity contribution is 7.85. The molecule has 398 valence electrons. The van der Waals surface area contributed by atoms with Gasteiger partial charge >= 0.3 is 24.2 Å². The highest BCUT2D eigenvalue weighted by atomic mass is 32.2. The summed E-state index contributed by atoms with van der Waals surface area (Å²) in [4.78, 5) is 48.6. The van der Waals surface area contributed by atoms with Crippen LogP contribution in [-0.4, -0.2) is 146 Å². The van der Waals surface area contributed by atoms with Crippen LogP contribution in [0.5, 0.6) is 0 Å². The number of alkyl carbamates (subject to hydrolysis) is 3. The van der Waals surface area contributed by atoms with Crippen molar-refractivity contribution in [3.63, 3.8) is 0 Å². The molecule has 0 aliphatic heterocycles. The highest BCUT2D eigenvalue weighted by Crippen LogP contribution is 2.47. The number of esters is 1. The number of hydrogen-bond donors (Lipinski definition) is 3. The van der Waals surface area contributed by atoms with Crippen molar-refractivity contribution in [1.82, 2.24) is 16.0 Å². The topological polar surface area (TPSA) is 195 Å². The fraction of sp³-hybridized carbons (Fsp3) is 0.878. The van der Waals surface area contributed by atoms with Crippen LogP contribution in [0.4, 0.5) is 14.4 Å². The molecule has 0 bridgehead atoms. The van der Waals surface area contributed by atoms with Crippen molar-refractivity contribution >= 4 is 51.4 Å². The fourth-order valence-corrected chi connectivity index (χ4v) is 15.3. The zero-order chi connectivity index (χ0) is 51.9. The molecule has 0 heterocycles. The first-order valence-electron chi connectivity index (χ1n) is 24.8. The lowest BCUT2D eigenvalue weighted by Crippen LogP contribution is -2.59. The van der Waals surface area contributed by atoms with Crippen molar-refractivity contribution in [1.29, 1.82) is 0 Å². The van der Waals surface area contributed by atoms with Gasteiger partial charge in [0.15, 0.2) is 8.32 Å². The van der Waals surface area contributed by atoms with Crippen molar-refractivity contribution in [2.45, 2.75) is 180 Å². The molecule has 19 heteroatoms. The van der Waals surface area contributed by atoms with Gasteiger partial charge in [0.1, 0.15) is 26.4 Å². The minimum Gasteiger partial charge on any atom is -0.460 e. The Balaban J connectivity index is 2.37. The number of amides is 3. The van der Waals surface area contributed by atoms with Crippen LogP contribution in [-0.2, 0) is 53.2 Å². The van der Waals surface area contributed by atoms with Gasteiger partial charge in [-0.15, -0.1) is 0 Å². The zero-order valence-electron chi connectivity index (χ0n) is 45.1. The number of hydrogen-bond acceptors (Lipinski definition) is 13. The molecule has 0 aromatic heterocycles. The minimum atomic E-state index is -2.18. The Morgan fingerprint density at radius 3 is 1.75 bits per heavy atom. The van der Waals surface area contributed by atoms with E-state index in [1.165, 1.54) is 0 Å². The van der Waals surface area contributed by atoms with E-state index in [-0.39, 0.29) is 64.9 Å². The van der Waals surface area contributed by atoms with Crippen LogP contribution in [0.3, 0.4) is 0 Å². The third kappa shape index (κ3) is 24.5. The maximum absolute atomic E-state index is 12.9. The molecule has 4 atom stereocenters. The summed E-state index contributed by atoms with van der Waals surface area (Å²) in [7, 11) is -4.95. The second kappa shape index (κ2) is 29.7. The molecule has 0 aromatic carbocycles. The van der Waals surface area contributed by atoms with E-state index in [4.69, 9.17) is 37.6 Å². The lowest BCUT2D eigenvalue weighted by atomic mass is 9.62. The predicted molar refractivity (Wildman–Crippen MR) is 276 cm³/mol. The molecule has 0 aromatic rings. The Labute approximate surface area is 415 Å². The summed E-state index contributed by atoms with van der Waals surface area (Å²) < 4.78 is 57.2. The molecule has 1 aliphatic carbocycles. The summed E-state index contributed by atoms with van der Waals surface area (Å²) in [6.07, 6.45) is 7.74. The van der Waals surface area contributed by atoms with Crippen molar-refractivity contribution in [3.05, 3.63) is 12.2 Å². The molecule has 16 nitrogen and oxygen atoms in total. The van der Waals surface area contributed by atoms with Gasteiger partial charge in [-0.3, -0.25) is 4.21 Å². The number of rotatable bonds is 34. The Hall–Kier alpha value is -2.56. The second-order valence-electron chi connectivity index (χ2n) is 22.3. The maximum atomic E-state index is 12.9. The lowest BCUT2D eigenvalue weighted by molar-refractivity contribution is -0.138. The molecule has 1 fully saturated rings. The Kier molecular flexibility index (Phi) is 27.7. The summed E-state index contributed by atoms with van der Waals surface area (Å²) in [5.74, 6) is -0.500. The third-order valence-corrected chi connectivity index (χ3v) is 25.7. The van der Waals surface area contributed by atoms with E-state index in [0.717, 1.165) is 57.4 Å². The fourth-order valence-electron chi connectivity index (χ4n) is 8.59. The average Bonchev–Trinajstić information content (AvgIpc) is 3.21. The van der Waals surface area contributed by atoms with Crippen LogP contribution >= 0.6 is 0 Å². The van der Waals surface area contributed by atoms with Gasteiger partial charge in [-0.25, -0.2) is 19.2 Å². The van der Waals surface area contributed by atoms with Crippen LogP contribution in [0.25, 0.3) is 0 Å². The Morgan fingerprint density at radius 2 is 1.22 bits per heavy atom. The number of carbonyl (C=O) groups is 4. The van der Waals surface area contributed by atoms with Gasteiger partial charge < -0.3 is 53.5 Å². The van der Waals surface area contributed by atoms with Crippen LogP contribution in [0.1, 0.15) is 127 Å². The molecule has 0 saturated heterocycles. The first-order chi connectivity index (χ1) is 31.4. The molecule has 1 aliphatic rings. The summed E-state index contributed by atoms with van der Waals surface area (Å²) in [6.45, 7) is 37.7. The molecule has 1 saturated carbocycles.